The molecule has 1 aromatic heterocycles. The summed E-state index contributed by atoms with van der Waals surface area (Å²) in [7, 11) is 0. The second-order valence-electron chi connectivity index (χ2n) is 10.2. The van der Waals surface area contributed by atoms with Gasteiger partial charge in [0, 0.05) is 12.8 Å². The van der Waals surface area contributed by atoms with Crippen molar-refractivity contribution in [2.24, 2.45) is 5.92 Å². The summed E-state index contributed by atoms with van der Waals surface area (Å²) in [5, 5.41) is 15.1. The lowest BCUT2D eigenvalue weighted by Gasteiger charge is -2.26. The van der Waals surface area contributed by atoms with E-state index < -0.39 is 53.1 Å². The van der Waals surface area contributed by atoms with Crippen LogP contribution in [0.4, 0.5) is 0 Å². The largest absolute Gasteiger partial charge is 0.480 e. The van der Waals surface area contributed by atoms with Gasteiger partial charge in [-0.15, -0.1) is 0 Å². The molecule has 3 atom stereocenters. The number of carbonyl (C=O) groups excluding carboxylic acids is 2. The van der Waals surface area contributed by atoms with Crippen molar-refractivity contribution in [2.75, 3.05) is 0 Å². The molecule has 10 nitrogen and oxygen atoms in total. The lowest BCUT2D eigenvalue weighted by Crippen LogP contribution is -2.56. The molecule has 0 aliphatic carbocycles. The standard InChI is InChI=1S/C31H32N4O6/c1-19(2)26(30(39)40)34-27(36)24(17-20-11-5-3-6-12-20)32-28(37)25(18-21-13-7-4-8-14-21)35-29(38)22-15-9-10-16-23(22)33-31(35)41/h3-16,19,24-26H,17-18H2,1-2H3,(H,32,37)(H,33,41)(H,34,36)(H,39,40)/t24-,25-,26-/m0/s1. The van der Waals surface area contributed by atoms with E-state index in [2.05, 4.69) is 15.6 Å². The fourth-order valence-electron chi connectivity index (χ4n) is 4.69. The van der Waals surface area contributed by atoms with Crippen molar-refractivity contribution >= 4 is 28.7 Å². The number of para-hydroxylation sites is 1. The monoisotopic (exact) mass is 556 g/mol. The van der Waals surface area contributed by atoms with Gasteiger partial charge >= 0.3 is 11.7 Å². The van der Waals surface area contributed by atoms with Crippen molar-refractivity contribution in [1.29, 1.82) is 0 Å². The molecule has 10 heteroatoms. The molecule has 212 valence electrons. The average Bonchev–Trinajstić information content (AvgIpc) is 2.95. The number of aromatic amines is 1. The number of nitrogens with one attached hydrogen (secondary N) is 3. The van der Waals surface area contributed by atoms with Crippen molar-refractivity contribution in [3.05, 3.63) is 117 Å². The Morgan fingerprint density at radius 2 is 1.34 bits per heavy atom. The molecule has 1 heterocycles. The van der Waals surface area contributed by atoms with Crippen LogP contribution in [0.25, 0.3) is 10.9 Å². The molecule has 0 fully saturated rings. The van der Waals surface area contributed by atoms with Gasteiger partial charge in [-0.2, -0.15) is 0 Å². The van der Waals surface area contributed by atoms with E-state index in [0.29, 0.717) is 11.1 Å². The Balaban J connectivity index is 1.74. The summed E-state index contributed by atoms with van der Waals surface area (Å²) >= 11 is 0. The number of hydrogen-bond acceptors (Lipinski definition) is 5. The van der Waals surface area contributed by atoms with Crippen molar-refractivity contribution < 1.29 is 19.5 Å². The second kappa shape index (κ2) is 12.9. The van der Waals surface area contributed by atoms with Crippen molar-refractivity contribution in [3.63, 3.8) is 0 Å². The average molecular weight is 557 g/mol. The Morgan fingerprint density at radius 1 is 0.780 bits per heavy atom. The highest BCUT2D eigenvalue weighted by Crippen LogP contribution is 2.15. The maximum absolute atomic E-state index is 13.9. The lowest BCUT2D eigenvalue weighted by atomic mass is 10.0. The normalized spacial score (nSPS) is 13.3. The number of hydrogen-bond donors (Lipinski definition) is 4. The highest BCUT2D eigenvalue weighted by atomic mass is 16.4. The predicted molar refractivity (Wildman–Crippen MR) is 154 cm³/mol. The van der Waals surface area contributed by atoms with Gasteiger partial charge in [0.1, 0.15) is 18.1 Å². The van der Waals surface area contributed by atoms with Gasteiger partial charge in [-0.1, -0.05) is 86.6 Å². The van der Waals surface area contributed by atoms with Crippen LogP contribution in [0.15, 0.2) is 94.5 Å². The molecule has 2 amide bonds. The second-order valence-corrected chi connectivity index (χ2v) is 10.2. The first kappa shape index (κ1) is 29.0. The summed E-state index contributed by atoms with van der Waals surface area (Å²) in [6, 6.07) is 20.7. The minimum absolute atomic E-state index is 0.00256. The summed E-state index contributed by atoms with van der Waals surface area (Å²) in [5.74, 6) is -3.04. The number of carbonyl (C=O) groups is 3. The van der Waals surface area contributed by atoms with E-state index in [1.54, 1.807) is 92.7 Å². The Kier molecular flexibility index (Phi) is 9.13. The molecule has 0 radical (unpaired) electrons. The molecular formula is C31H32N4O6. The number of carboxylic acids is 1. The number of fused-ring (bicyclic) bond motifs is 1. The SMILES string of the molecule is CC(C)[C@H](NC(=O)[C@H](Cc1ccccc1)NC(=O)[C@H](Cc1ccccc1)n1c(=O)[nH]c2ccccc2c1=O)C(=O)O. The van der Waals surface area contributed by atoms with E-state index in [1.165, 1.54) is 0 Å². The number of H-pyrrole nitrogens is 1. The van der Waals surface area contributed by atoms with Gasteiger partial charge in [0.2, 0.25) is 11.8 Å². The van der Waals surface area contributed by atoms with Crippen LogP contribution in [0.2, 0.25) is 0 Å². The highest BCUT2D eigenvalue weighted by Gasteiger charge is 2.32. The van der Waals surface area contributed by atoms with E-state index in [1.807, 2.05) is 6.07 Å². The van der Waals surface area contributed by atoms with E-state index >= 15 is 0 Å². The summed E-state index contributed by atoms with van der Waals surface area (Å²) < 4.78 is 0.871. The Hall–Kier alpha value is -4.99. The number of nitrogens with zero attached hydrogens (tertiary/aromatic N) is 1. The summed E-state index contributed by atoms with van der Waals surface area (Å²) in [6.07, 6.45) is 0.0568. The number of aromatic nitrogens is 2. The predicted octanol–water partition coefficient (Wildman–Crippen LogP) is 2.43. The van der Waals surface area contributed by atoms with Crippen molar-refractivity contribution in [3.8, 4) is 0 Å². The molecule has 0 spiro atoms. The van der Waals surface area contributed by atoms with Gasteiger partial charge < -0.3 is 20.7 Å². The van der Waals surface area contributed by atoms with Crippen molar-refractivity contribution in [2.45, 2.75) is 44.8 Å². The molecule has 0 unspecified atom stereocenters. The summed E-state index contributed by atoms with van der Waals surface area (Å²) in [5.41, 5.74) is 0.355. The van der Waals surface area contributed by atoms with Crippen LogP contribution in [0.1, 0.15) is 31.0 Å². The van der Waals surface area contributed by atoms with Crippen molar-refractivity contribution in [1.82, 2.24) is 20.2 Å². The van der Waals surface area contributed by atoms with Crippen LogP contribution < -0.4 is 21.9 Å². The third-order valence-corrected chi connectivity index (χ3v) is 6.87. The van der Waals surface area contributed by atoms with Gasteiger partial charge in [-0.05, 0) is 29.2 Å². The number of amides is 2. The minimum Gasteiger partial charge on any atom is -0.480 e. The lowest BCUT2D eigenvalue weighted by molar-refractivity contribution is -0.143. The smallest absolute Gasteiger partial charge is 0.329 e. The molecule has 4 rings (SSSR count). The van der Waals surface area contributed by atoms with Gasteiger partial charge in [-0.3, -0.25) is 14.4 Å². The minimum atomic E-state index is -1.30. The Morgan fingerprint density at radius 3 is 1.93 bits per heavy atom. The van der Waals surface area contributed by atoms with Gasteiger partial charge in [0.15, 0.2) is 0 Å². The van der Waals surface area contributed by atoms with E-state index in [-0.39, 0.29) is 18.2 Å². The van der Waals surface area contributed by atoms with Gasteiger partial charge in [0.25, 0.3) is 5.56 Å². The van der Waals surface area contributed by atoms with E-state index in [0.717, 1.165) is 10.1 Å². The van der Waals surface area contributed by atoms with Crippen LogP contribution in [0.3, 0.4) is 0 Å². The molecular weight excluding hydrogens is 524 g/mol. The molecule has 41 heavy (non-hydrogen) atoms. The first-order chi connectivity index (χ1) is 19.7. The summed E-state index contributed by atoms with van der Waals surface area (Å²) in [6.45, 7) is 3.33. The first-order valence-corrected chi connectivity index (χ1v) is 13.3. The third-order valence-electron chi connectivity index (χ3n) is 6.87. The van der Waals surface area contributed by atoms with Crippen LogP contribution in [-0.4, -0.2) is 44.5 Å². The highest BCUT2D eigenvalue weighted by molar-refractivity contribution is 5.92. The van der Waals surface area contributed by atoms with Gasteiger partial charge in [-0.25, -0.2) is 14.2 Å². The summed E-state index contributed by atoms with van der Waals surface area (Å²) in [4.78, 5) is 68.5. The zero-order valence-corrected chi connectivity index (χ0v) is 22.7. The third kappa shape index (κ3) is 6.96. The van der Waals surface area contributed by atoms with Gasteiger partial charge in [0.05, 0.1) is 10.9 Å². The Labute approximate surface area is 236 Å². The topological polar surface area (TPSA) is 150 Å². The molecule has 4 N–H and O–H groups in total. The molecule has 0 aliphatic rings. The first-order valence-electron chi connectivity index (χ1n) is 13.3. The molecule has 4 aromatic rings. The molecule has 0 bridgehead atoms. The quantitative estimate of drug-likeness (QED) is 0.223. The van der Waals surface area contributed by atoms with Crippen LogP contribution in [0, 0.1) is 5.92 Å². The molecule has 3 aromatic carbocycles. The zero-order valence-electron chi connectivity index (χ0n) is 22.7. The Bertz CT molecular complexity index is 1650. The van der Waals surface area contributed by atoms with E-state index in [9.17, 15) is 29.1 Å². The fourth-order valence-corrected chi connectivity index (χ4v) is 4.69. The molecule has 0 saturated carbocycles. The number of aliphatic carboxylic acids is 1. The van der Waals surface area contributed by atoms with Crippen LogP contribution in [-0.2, 0) is 27.2 Å². The zero-order chi connectivity index (χ0) is 29.5. The van der Waals surface area contributed by atoms with E-state index in [4.69, 9.17) is 0 Å². The maximum atomic E-state index is 13.9. The molecule has 0 saturated heterocycles. The number of carboxylic acid groups (broad SMARTS) is 1. The maximum Gasteiger partial charge on any atom is 0.329 e. The fraction of sp³-hybridized carbons (Fsp3) is 0.258. The molecule has 0 aliphatic heterocycles. The van der Waals surface area contributed by atoms with Crippen LogP contribution >= 0.6 is 0 Å². The number of rotatable bonds is 11. The van der Waals surface area contributed by atoms with Crippen LogP contribution in [0.5, 0.6) is 0 Å². The number of benzene rings is 3.